The van der Waals surface area contributed by atoms with Crippen molar-refractivity contribution in [3.8, 4) is 5.75 Å². The van der Waals surface area contributed by atoms with Crippen molar-refractivity contribution in [3.63, 3.8) is 0 Å². The number of hydrogen-bond acceptors (Lipinski definition) is 7. The Kier molecular flexibility index (Phi) is 6.17. The second-order valence-electron chi connectivity index (χ2n) is 7.83. The number of hydrogen-bond donors (Lipinski definition) is 0. The van der Waals surface area contributed by atoms with Crippen LogP contribution in [-0.2, 0) is 19.1 Å². The van der Waals surface area contributed by atoms with Crippen molar-refractivity contribution in [2.45, 2.75) is 19.8 Å². The van der Waals surface area contributed by atoms with Gasteiger partial charge < -0.3 is 9.47 Å². The minimum atomic E-state index is -0.705. The molecule has 33 heavy (non-hydrogen) atoms. The summed E-state index contributed by atoms with van der Waals surface area (Å²) < 4.78 is 10.0. The van der Waals surface area contributed by atoms with Crippen molar-refractivity contribution >= 4 is 35.2 Å². The van der Waals surface area contributed by atoms with Gasteiger partial charge in [-0.1, -0.05) is 12.2 Å². The van der Waals surface area contributed by atoms with E-state index in [9.17, 15) is 24.0 Å². The molecule has 2 aromatic carbocycles. The predicted molar refractivity (Wildman–Crippen MR) is 117 cm³/mol. The summed E-state index contributed by atoms with van der Waals surface area (Å²) in [6.07, 6.45) is 4.95. The number of nitrogens with zero attached hydrogens (tertiary/aromatic N) is 1. The van der Waals surface area contributed by atoms with Crippen LogP contribution in [0, 0.1) is 11.8 Å². The van der Waals surface area contributed by atoms with Gasteiger partial charge in [0.15, 0.2) is 12.4 Å². The number of fused-ring (bicyclic) bond motifs is 1. The van der Waals surface area contributed by atoms with Crippen molar-refractivity contribution in [1.29, 1.82) is 0 Å². The van der Waals surface area contributed by atoms with E-state index in [1.54, 1.807) is 0 Å². The first-order chi connectivity index (χ1) is 15.8. The Labute approximate surface area is 189 Å². The smallest absolute Gasteiger partial charge is 0.338 e. The molecule has 0 unspecified atom stereocenters. The first-order valence-electron chi connectivity index (χ1n) is 10.5. The third kappa shape index (κ3) is 4.59. The molecule has 1 aliphatic heterocycles. The average molecular weight is 447 g/mol. The highest BCUT2D eigenvalue weighted by Crippen LogP contribution is 2.37. The standard InChI is InChI=1S/C25H21NO7/c1-15(27)33-19-12-8-16(9-13-19)22(28)14-32-25(31)17-6-10-18(11-7-17)26-23(29)20-4-2-3-5-21(20)24(26)30/h2-3,6-13,20-21H,4-5,14H2,1H3/t20-,21-/m1/s1. The number of rotatable bonds is 6. The largest absolute Gasteiger partial charge is 0.454 e. The van der Waals surface area contributed by atoms with Crippen molar-refractivity contribution in [3.05, 3.63) is 71.8 Å². The second-order valence-corrected chi connectivity index (χ2v) is 7.83. The molecule has 8 nitrogen and oxygen atoms in total. The van der Waals surface area contributed by atoms with E-state index in [0.29, 0.717) is 29.8 Å². The zero-order valence-electron chi connectivity index (χ0n) is 17.9. The van der Waals surface area contributed by atoms with Gasteiger partial charge in [0.2, 0.25) is 11.8 Å². The molecule has 0 spiro atoms. The molecule has 1 saturated heterocycles. The van der Waals surface area contributed by atoms with E-state index in [-0.39, 0.29) is 29.2 Å². The molecule has 2 amide bonds. The van der Waals surface area contributed by atoms with Gasteiger partial charge in [-0.25, -0.2) is 4.79 Å². The quantitative estimate of drug-likeness (QED) is 0.220. The number of benzene rings is 2. The zero-order valence-corrected chi connectivity index (χ0v) is 17.9. The van der Waals surface area contributed by atoms with Crippen LogP contribution in [0.4, 0.5) is 5.69 Å². The number of anilines is 1. The molecule has 0 bridgehead atoms. The Morgan fingerprint density at radius 3 is 1.94 bits per heavy atom. The van der Waals surface area contributed by atoms with E-state index < -0.39 is 24.3 Å². The van der Waals surface area contributed by atoms with Gasteiger partial charge in [-0.2, -0.15) is 0 Å². The lowest BCUT2D eigenvalue weighted by molar-refractivity contribution is -0.132. The first kappa shape index (κ1) is 22.1. The van der Waals surface area contributed by atoms with Crippen LogP contribution in [0.3, 0.4) is 0 Å². The fraction of sp³-hybridized carbons (Fsp3) is 0.240. The maximum atomic E-state index is 12.7. The molecule has 4 rings (SSSR count). The van der Waals surface area contributed by atoms with Gasteiger partial charge >= 0.3 is 11.9 Å². The van der Waals surface area contributed by atoms with Crippen molar-refractivity contribution in [1.82, 2.24) is 0 Å². The number of amides is 2. The van der Waals surface area contributed by atoms with Gasteiger partial charge in [-0.05, 0) is 61.4 Å². The molecule has 0 saturated carbocycles. The van der Waals surface area contributed by atoms with Crippen LogP contribution in [0.1, 0.15) is 40.5 Å². The Hall–Kier alpha value is -4.07. The van der Waals surface area contributed by atoms with Crippen LogP contribution >= 0.6 is 0 Å². The Balaban J connectivity index is 1.36. The SMILES string of the molecule is CC(=O)Oc1ccc(C(=O)COC(=O)c2ccc(N3C(=O)[C@@H]4CC=CC[C@H]4C3=O)cc2)cc1. The summed E-state index contributed by atoms with van der Waals surface area (Å²) >= 11 is 0. The molecule has 0 aromatic heterocycles. The van der Waals surface area contributed by atoms with Gasteiger partial charge in [-0.15, -0.1) is 0 Å². The van der Waals surface area contributed by atoms with Crippen molar-refractivity contribution in [2.75, 3.05) is 11.5 Å². The summed E-state index contributed by atoms with van der Waals surface area (Å²) in [4.78, 5) is 62.1. The maximum absolute atomic E-state index is 12.7. The van der Waals surface area contributed by atoms with Crippen molar-refractivity contribution < 1.29 is 33.4 Å². The van der Waals surface area contributed by atoms with E-state index in [1.807, 2.05) is 12.2 Å². The van der Waals surface area contributed by atoms with E-state index in [0.717, 1.165) is 0 Å². The lowest BCUT2D eigenvalue weighted by Gasteiger charge is -2.15. The lowest BCUT2D eigenvalue weighted by atomic mass is 9.85. The van der Waals surface area contributed by atoms with Crippen molar-refractivity contribution in [2.24, 2.45) is 11.8 Å². The Bertz CT molecular complexity index is 1120. The molecule has 168 valence electrons. The minimum Gasteiger partial charge on any atom is -0.454 e. The van der Waals surface area contributed by atoms with Gasteiger partial charge in [0.25, 0.3) is 0 Å². The lowest BCUT2D eigenvalue weighted by Crippen LogP contribution is -2.30. The van der Waals surface area contributed by atoms with Crippen LogP contribution < -0.4 is 9.64 Å². The molecule has 8 heteroatoms. The average Bonchev–Trinajstić information content (AvgIpc) is 3.07. The van der Waals surface area contributed by atoms with Crippen LogP contribution in [0.25, 0.3) is 0 Å². The highest BCUT2D eigenvalue weighted by Gasteiger charge is 2.47. The second kappa shape index (κ2) is 9.20. The number of esters is 2. The summed E-state index contributed by atoms with van der Waals surface area (Å²) in [6, 6.07) is 11.8. The molecule has 2 aromatic rings. The number of ether oxygens (including phenoxy) is 2. The first-order valence-corrected chi connectivity index (χ1v) is 10.5. The third-order valence-corrected chi connectivity index (χ3v) is 5.64. The number of imide groups is 1. The van der Waals surface area contributed by atoms with Gasteiger partial charge in [0, 0.05) is 12.5 Å². The topological polar surface area (TPSA) is 107 Å². The molecular formula is C25H21NO7. The van der Waals surface area contributed by atoms with E-state index >= 15 is 0 Å². The van der Waals surface area contributed by atoms with E-state index in [2.05, 4.69) is 0 Å². The maximum Gasteiger partial charge on any atom is 0.338 e. The monoisotopic (exact) mass is 447 g/mol. The molecule has 1 aliphatic carbocycles. The number of allylic oxidation sites excluding steroid dienone is 2. The Morgan fingerprint density at radius 1 is 0.848 bits per heavy atom. The highest BCUT2D eigenvalue weighted by atomic mass is 16.5. The van der Waals surface area contributed by atoms with Crippen LogP contribution in [0.5, 0.6) is 5.75 Å². The predicted octanol–water partition coefficient (Wildman–Crippen LogP) is 3.11. The number of ketones is 1. The summed E-state index contributed by atoms with van der Waals surface area (Å²) in [5.74, 6) is -2.40. The Morgan fingerprint density at radius 2 is 1.39 bits per heavy atom. The fourth-order valence-electron chi connectivity index (χ4n) is 3.97. The molecule has 1 fully saturated rings. The summed E-state index contributed by atoms with van der Waals surface area (Å²) in [6.45, 7) is 0.808. The summed E-state index contributed by atoms with van der Waals surface area (Å²) in [5, 5.41) is 0. The summed E-state index contributed by atoms with van der Waals surface area (Å²) in [7, 11) is 0. The van der Waals surface area contributed by atoms with E-state index in [1.165, 1.54) is 60.4 Å². The third-order valence-electron chi connectivity index (χ3n) is 5.64. The van der Waals surface area contributed by atoms with Crippen LogP contribution in [-0.4, -0.2) is 36.1 Å². The fourth-order valence-corrected chi connectivity index (χ4v) is 3.97. The van der Waals surface area contributed by atoms with E-state index in [4.69, 9.17) is 9.47 Å². The molecule has 2 aliphatic rings. The molecule has 0 N–H and O–H groups in total. The minimum absolute atomic E-state index is 0.190. The molecule has 1 heterocycles. The number of carbonyl (C=O) groups excluding carboxylic acids is 5. The molecule has 0 radical (unpaired) electrons. The number of carbonyl (C=O) groups is 5. The molecule has 2 atom stereocenters. The van der Waals surface area contributed by atoms with Crippen LogP contribution in [0.15, 0.2) is 60.7 Å². The molecular weight excluding hydrogens is 426 g/mol. The van der Waals surface area contributed by atoms with Gasteiger partial charge in [0.05, 0.1) is 23.1 Å². The van der Waals surface area contributed by atoms with Gasteiger partial charge in [-0.3, -0.25) is 24.1 Å². The van der Waals surface area contributed by atoms with Gasteiger partial charge in [0.1, 0.15) is 5.75 Å². The summed E-state index contributed by atoms with van der Waals surface area (Å²) in [5.41, 5.74) is 0.894. The van der Waals surface area contributed by atoms with Crippen LogP contribution in [0.2, 0.25) is 0 Å². The normalized spacial score (nSPS) is 19.2. The zero-order chi connectivity index (χ0) is 23.5. The highest BCUT2D eigenvalue weighted by molar-refractivity contribution is 6.22. The number of Topliss-reactive ketones (excluding diaryl/α,β-unsaturated/α-hetero) is 1.